The van der Waals surface area contributed by atoms with E-state index in [-0.39, 0.29) is 17.2 Å². The van der Waals surface area contributed by atoms with E-state index in [2.05, 4.69) is 16.2 Å². The second-order valence-corrected chi connectivity index (χ2v) is 9.45. The maximum atomic E-state index is 12.6. The molecule has 0 saturated heterocycles. The third kappa shape index (κ3) is 7.58. The number of carbonyl (C=O) groups is 3. The number of nitrogens with one attached hydrogen (secondary N) is 3. The predicted octanol–water partition coefficient (Wildman–Crippen LogP) is 1.04. The van der Waals surface area contributed by atoms with Crippen molar-refractivity contribution in [3.05, 3.63) is 59.7 Å². The third-order valence-electron chi connectivity index (χ3n) is 4.72. The standard InChI is InChI=1S/C22H28N4O6S/c1-15-5-11-19(12-6-15)33(30,31)26(3)14-22(29)25-24-21(28)13-20(23-16(2)27)17-7-9-18(32-4)10-8-17/h5-12,20H,13-14H2,1-4H3,(H,23,27)(H,24,28)(H,25,29)/t20-/m0/s1. The fraction of sp³-hybridized carbons (Fsp3) is 0.318. The number of benzene rings is 2. The summed E-state index contributed by atoms with van der Waals surface area (Å²) in [7, 11) is -1.06. The van der Waals surface area contributed by atoms with Gasteiger partial charge in [0.15, 0.2) is 0 Å². The number of methoxy groups -OCH3 is 1. The van der Waals surface area contributed by atoms with Gasteiger partial charge in [-0.05, 0) is 36.8 Å². The van der Waals surface area contributed by atoms with Crippen molar-refractivity contribution >= 4 is 27.7 Å². The summed E-state index contributed by atoms with van der Waals surface area (Å²) in [6, 6.07) is 12.5. The highest BCUT2D eigenvalue weighted by molar-refractivity contribution is 7.89. The second-order valence-electron chi connectivity index (χ2n) is 7.40. The Hall–Kier alpha value is -3.44. The number of amides is 3. The Kier molecular flexibility index (Phi) is 8.94. The van der Waals surface area contributed by atoms with Crippen molar-refractivity contribution in [1.29, 1.82) is 0 Å². The molecule has 0 aliphatic heterocycles. The second kappa shape index (κ2) is 11.4. The molecule has 0 aliphatic rings. The average molecular weight is 477 g/mol. The Labute approximate surface area is 193 Å². The van der Waals surface area contributed by atoms with Crippen LogP contribution >= 0.6 is 0 Å². The largest absolute Gasteiger partial charge is 0.497 e. The van der Waals surface area contributed by atoms with Crippen LogP contribution in [0.2, 0.25) is 0 Å². The van der Waals surface area contributed by atoms with Gasteiger partial charge in [0.2, 0.25) is 21.8 Å². The van der Waals surface area contributed by atoms with Crippen LogP contribution in [-0.4, -0.2) is 51.1 Å². The lowest BCUT2D eigenvalue weighted by atomic mass is 10.0. The lowest BCUT2D eigenvalue weighted by molar-refractivity contribution is -0.129. The summed E-state index contributed by atoms with van der Waals surface area (Å²) >= 11 is 0. The topological polar surface area (TPSA) is 134 Å². The van der Waals surface area contributed by atoms with E-state index in [0.29, 0.717) is 11.3 Å². The summed E-state index contributed by atoms with van der Waals surface area (Å²) in [5, 5.41) is 2.69. The lowest BCUT2D eigenvalue weighted by Gasteiger charge is -2.19. The quantitative estimate of drug-likeness (QED) is 0.463. The molecule has 3 amide bonds. The number of carbonyl (C=O) groups excluding carboxylic acids is 3. The molecule has 2 aromatic carbocycles. The fourth-order valence-electron chi connectivity index (χ4n) is 2.93. The van der Waals surface area contributed by atoms with Crippen LogP contribution in [0.3, 0.4) is 0 Å². The minimum Gasteiger partial charge on any atom is -0.497 e. The molecule has 2 aromatic rings. The van der Waals surface area contributed by atoms with Crippen LogP contribution in [0.15, 0.2) is 53.4 Å². The van der Waals surface area contributed by atoms with Gasteiger partial charge < -0.3 is 10.1 Å². The molecule has 33 heavy (non-hydrogen) atoms. The van der Waals surface area contributed by atoms with E-state index in [1.807, 2.05) is 6.92 Å². The van der Waals surface area contributed by atoms with Crippen molar-refractivity contribution in [3.63, 3.8) is 0 Å². The van der Waals surface area contributed by atoms with Gasteiger partial charge in [0, 0.05) is 14.0 Å². The van der Waals surface area contributed by atoms with Crippen molar-refractivity contribution in [1.82, 2.24) is 20.5 Å². The van der Waals surface area contributed by atoms with Crippen molar-refractivity contribution in [2.24, 2.45) is 0 Å². The molecule has 0 bridgehead atoms. The molecule has 2 rings (SSSR count). The van der Waals surface area contributed by atoms with Gasteiger partial charge in [-0.25, -0.2) is 8.42 Å². The van der Waals surface area contributed by atoms with Gasteiger partial charge in [0.05, 0.1) is 31.0 Å². The monoisotopic (exact) mass is 476 g/mol. The van der Waals surface area contributed by atoms with Crippen LogP contribution in [0.1, 0.15) is 30.5 Å². The van der Waals surface area contributed by atoms with E-state index >= 15 is 0 Å². The lowest BCUT2D eigenvalue weighted by Crippen LogP contribution is -2.47. The van der Waals surface area contributed by atoms with E-state index in [9.17, 15) is 22.8 Å². The number of hydrogen-bond acceptors (Lipinski definition) is 6. The minimum absolute atomic E-state index is 0.0603. The summed E-state index contributed by atoms with van der Waals surface area (Å²) < 4.78 is 31.1. The van der Waals surface area contributed by atoms with Crippen LogP contribution in [-0.2, 0) is 24.4 Å². The van der Waals surface area contributed by atoms with Gasteiger partial charge in [-0.3, -0.25) is 25.2 Å². The SMILES string of the molecule is COc1ccc([C@H](CC(=O)NNC(=O)CN(C)S(=O)(=O)c2ccc(C)cc2)NC(C)=O)cc1. The van der Waals surface area contributed by atoms with E-state index in [1.54, 1.807) is 36.4 Å². The van der Waals surface area contributed by atoms with Crippen molar-refractivity contribution in [2.75, 3.05) is 20.7 Å². The molecule has 0 heterocycles. The first-order valence-electron chi connectivity index (χ1n) is 10.0. The molecule has 178 valence electrons. The summed E-state index contributed by atoms with van der Waals surface area (Å²) in [6.45, 7) is 2.67. The van der Waals surface area contributed by atoms with Crippen LogP contribution in [0.25, 0.3) is 0 Å². The summed E-state index contributed by atoms with van der Waals surface area (Å²) in [6.07, 6.45) is -0.149. The Morgan fingerprint density at radius 3 is 2.09 bits per heavy atom. The molecule has 10 nitrogen and oxygen atoms in total. The number of aryl methyl sites for hydroxylation is 1. The van der Waals surface area contributed by atoms with Crippen LogP contribution in [0, 0.1) is 6.92 Å². The Morgan fingerprint density at radius 1 is 0.970 bits per heavy atom. The van der Waals surface area contributed by atoms with Gasteiger partial charge in [-0.2, -0.15) is 4.31 Å². The number of hydrogen-bond donors (Lipinski definition) is 3. The van der Waals surface area contributed by atoms with Gasteiger partial charge >= 0.3 is 0 Å². The minimum atomic E-state index is -3.86. The van der Waals surface area contributed by atoms with E-state index in [4.69, 9.17) is 4.74 Å². The maximum absolute atomic E-state index is 12.6. The summed E-state index contributed by atoms with van der Waals surface area (Å²) in [5.74, 6) is -0.985. The van der Waals surface area contributed by atoms with E-state index in [0.717, 1.165) is 9.87 Å². The molecular weight excluding hydrogens is 448 g/mol. The number of sulfonamides is 1. The molecule has 1 atom stereocenters. The predicted molar refractivity (Wildman–Crippen MR) is 121 cm³/mol. The highest BCUT2D eigenvalue weighted by Crippen LogP contribution is 2.20. The molecule has 0 aromatic heterocycles. The molecule has 11 heteroatoms. The number of ether oxygens (including phenoxy) is 1. The molecular formula is C22H28N4O6S. The Bertz CT molecular complexity index is 1080. The zero-order chi connectivity index (χ0) is 24.6. The smallest absolute Gasteiger partial charge is 0.253 e. The van der Waals surface area contributed by atoms with Crippen molar-refractivity contribution in [3.8, 4) is 5.75 Å². The Morgan fingerprint density at radius 2 is 1.55 bits per heavy atom. The van der Waals surface area contributed by atoms with Crippen LogP contribution in [0.4, 0.5) is 0 Å². The van der Waals surface area contributed by atoms with Gasteiger partial charge in [-0.15, -0.1) is 0 Å². The first-order chi connectivity index (χ1) is 15.5. The third-order valence-corrected chi connectivity index (χ3v) is 6.54. The summed E-state index contributed by atoms with van der Waals surface area (Å²) in [4.78, 5) is 36.1. The van der Waals surface area contributed by atoms with Crippen molar-refractivity contribution in [2.45, 2.75) is 31.2 Å². The average Bonchev–Trinajstić information content (AvgIpc) is 2.77. The zero-order valence-corrected chi connectivity index (χ0v) is 19.7. The number of rotatable bonds is 9. The van der Waals surface area contributed by atoms with Crippen LogP contribution < -0.4 is 20.9 Å². The maximum Gasteiger partial charge on any atom is 0.253 e. The molecule has 0 aliphatic carbocycles. The van der Waals surface area contributed by atoms with E-state index in [1.165, 1.54) is 33.2 Å². The van der Waals surface area contributed by atoms with Gasteiger partial charge in [0.25, 0.3) is 5.91 Å². The van der Waals surface area contributed by atoms with Crippen LogP contribution in [0.5, 0.6) is 5.75 Å². The molecule has 0 spiro atoms. The fourth-order valence-corrected chi connectivity index (χ4v) is 4.05. The highest BCUT2D eigenvalue weighted by atomic mass is 32.2. The molecule has 0 unspecified atom stereocenters. The first kappa shape index (κ1) is 25.8. The number of nitrogens with zero attached hydrogens (tertiary/aromatic N) is 1. The molecule has 0 radical (unpaired) electrons. The number of likely N-dealkylation sites (N-methyl/N-ethyl adjacent to an activating group) is 1. The number of hydrazine groups is 1. The Balaban J connectivity index is 1.93. The normalized spacial score (nSPS) is 12.0. The molecule has 0 fully saturated rings. The highest BCUT2D eigenvalue weighted by Gasteiger charge is 2.23. The zero-order valence-electron chi connectivity index (χ0n) is 18.9. The van der Waals surface area contributed by atoms with E-state index < -0.39 is 34.4 Å². The summed E-state index contributed by atoms with van der Waals surface area (Å²) in [5.41, 5.74) is 6.03. The van der Waals surface area contributed by atoms with Crippen molar-refractivity contribution < 1.29 is 27.5 Å². The van der Waals surface area contributed by atoms with Gasteiger partial charge in [-0.1, -0.05) is 29.8 Å². The van der Waals surface area contributed by atoms with Gasteiger partial charge in [0.1, 0.15) is 5.75 Å². The molecule has 0 saturated carbocycles. The molecule has 3 N–H and O–H groups in total. The first-order valence-corrected chi connectivity index (χ1v) is 11.5.